The summed E-state index contributed by atoms with van der Waals surface area (Å²) in [5.41, 5.74) is 4.21. The van der Waals surface area contributed by atoms with Gasteiger partial charge in [0.1, 0.15) is 29.5 Å². The van der Waals surface area contributed by atoms with Crippen LogP contribution in [-0.2, 0) is 23.4 Å². The zero-order valence-electron chi connectivity index (χ0n) is 21.7. The second kappa shape index (κ2) is 12.3. The molecule has 15 heteroatoms. The third-order valence-electron chi connectivity index (χ3n) is 5.92. The number of rotatable bonds is 11. The number of anilines is 1. The Morgan fingerprint density at radius 1 is 1.31 bits per heavy atom. The van der Waals surface area contributed by atoms with Crippen molar-refractivity contribution in [2.24, 2.45) is 5.92 Å². The topological polar surface area (TPSA) is 152 Å². The van der Waals surface area contributed by atoms with Crippen LogP contribution in [0.4, 0.5) is 14.6 Å². The molecule has 0 bridgehead atoms. The summed E-state index contributed by atoms with van der Waals surface area (Å²) in [6, 6.07) is 8.02. The number of aliphatic hydroxyl groups excluding tert-OH is 1. The van der Waals surface area contributed by atoms with E-state index in [1.54, 1.807) is 32.0 Å². The summed E-state index contributed by atoms with van der Waals surface area (Å²) in [4.78, 5) is 25.9. The summed E-state index contributed by atoms with van der Waals surface area (Å²) in [6.07, 6.45) is -6.52. The molecule has 1 aliphatic rings. The average Bonchev–Trinajstić information content (AvgIpc) is 3.12. The van der Waals surface area contributed by atoms with Gasteiger partial charge in [-0.15, -0.1) is 11.6 Å². The summed E-state index contributed by atoms with van der Waals surface area (Å²) in [5.74, 6) is -3.16. The van der Waals surface area contributed by atoms with E-state index in [2.05, 4.69) is 4.98 Å². The van der Waals surface area contributed by atoms with Gasteiger partial charge in [-0.2, -0.15) is 4.98 Å². The monoisotopic (exact) mass is 593 g/mol. The molecule has 0 spiro atoms. The van der Waals surface area contributed by atoms with Crippen molar-refractivity contribution in [3.05, 3.63) is 52.8 Å². The predicted molar refractivity (Wildman–Crippen MR) is 138 cm³/mol. The molecule has 1 aromatic heterocycles. The van der Waals surface area contributed by atoms with E-state index in [9.17, 15) is 28.0 Å². The smallest absolute Gasteiger partial charge is 0.380 e. The zero-order valence-corrected chi connectivity index (χ0v) is 23.4. The largest absolute Gasteiger partial charge is 0.463 e. The molecule has 2 aromatic rings. The molecule has 7 atom stereocenters. The maximum Gasteiger partial charge on any atom is 0.380 e. The van der Waals surface area contributed by atoms with E-state index in [1.165, 1.54) is 26.0 Å². The second-order valence-corrected chi connectivity index (χ2v) is 12.2. The Morgan fingerprint density at radius 3 is 2.54 bits per heavy atom. The number of alkyl halides is 2. The number of benzene rings is 1. The maximum atomic E-state index is 14.2. The molecule has 1 saturated heterocycles. The zero-order chi connectivity index (χ0) is 29.1. The Bertz CT molecular complexity index is 1270. The lowest BCUT2D eigenvalue weighted by atomic mass is 9.97. The number of esters is 1. The predicted octanol–water partition coefficient (Wildman–Crippen LogP) is 3.43. The number of halogens is 3. The fourth-order valence-electron chi connectivity index (χ4n) is 4.01. The SMILES string of the molecule is CC(C)OC(=O)[C@H](C)C[P@@](=O)(Oc1ccccc1)O[C@H](C)[C@H]1O[C@@H](n2cc(F)c(N)nc2=O)C(Cl)(CF)[C@H]1O. The van der Waals surface area contributed by atoms with Gasteiger partial charge < -0.3 is 24.8 Å². The third kappa shape index (κ3) is 6.96. The first-order chi connectivity index (χ1) is 18.2. The van der Waals surface area contributed by atoms with Crippen molar-refractivity contribution in [3.8, 4) is 5.75 Å². The number of hydrogen-bond donors (Lipinski definition) is 2. The lowest BCUT2D eigenvalue weighted by molar-refractivity contribution is -0.151. The molecule has 216 valence electrons. The number of aliphatic hydroxyl groups is 1. The molecule has 3 N–H and O–H groups in total. The van der Waals surface area contributed by atoms with Gasteiger partial charge in [-0.05, 0) is 32.9 Å². The molecular weight excluding hydrogens is 563 g/mol. The van der Waals surface area contributed by atoms with E-state index in [0.29, 0.717) is 10.8 Å². The van der Waals surface area contributed by atoms with Gasteiger partial charge in [0.05, 0.1) is 30.5 Å². The first-order valence-corrected chi connectivity index (χ1v) is 14.2. The number of nitrogens with two attached hydrogens (primary N) is 1. The van der Waals surface area contributed by atoms with Crippen LogP contribution in [0, 0.1) is 11.7 Å². The molecule has 3 rings (SSSR count). The molecule has 0 saturated carbocycles. The molecule has 0 radical (unpaired) electrons. The summed E-state index contributed by atoms with van der Waals surface area (Å²) in [6.45, 7) is 4.76. The third-order valence-corrected chi connectivity index (χ3v) is 8.57. The average molecular weight is 594 g/mol. The van der Waals surface area contributed by atoms with E-state index in [1.807, 2.05) is 0 Å². The second-order valence-electron chi connectivity index (χ2n) is 9.52. The number of carbonyl (C=O) groups excluding carboxylic acids is 1. The highest BCUT2D eigenvalue weighted by Gasteiger charge is 2.59. The lowest BCUT2D eigenvalue weighted by Crippen LogP contribution is -2.47. The van der Waals surface area contributed by atoms with Crippen molar-refractivity contribution in [2.75, 3.05) is 18.6 Å². The maximum absolute atomic E-state index is 14.2. The molecule has 2 heterocycles. The lowest BCUT2D eigenvalue weighted by Gasteiger charge is -2.29. The van der Waals surface area contributed by atoms with E-state index in [4.69, 9.17) is 35.9 Å². The number of nitrogen functional groups attached to an aromatic ring is 1. The first kappa shape index (κ1) is 31.0. The van der Waals surface area contributed by atoms with Gasteiger partial charge >= 0.3 is 19.3 Å². The van der Waals surface area contributed by atoms with Gasteiger partial charge in [0.2, 0.25) is 0 Å². The van der Waals surface area contributed by atoms with Gasteiger partial charge in [0, 0.05) is 0 Å². The summed E-state index contributed by atoms with van der Waals surface area (Å²) >= 11 is 6.38. The van der Waals surface area contributed by atoms with Crippen LogP contribution in [0.25, 0.3) is 0 Å². The summed E-state index contributed by atoms with van der Waals surface area (Å²) in [7, 11) is -4.18. The van der Waals surface area contributed by atoms with Crippen LogP contribution in [0.5, 0.6) is 5.75 Å². The minimum atomic E-state index is -4.18. The molecule has 0 amide bonds. The van der Waals surface area contributed by atoms with E-state index >= 15 is 0 Å². The Labute approximate surface area is 228 Å². The quantitative estimate of drug-likeness (QED) is 0.225. The fraction of sp³-hybridized carbons (Fsp3) is 0.542. The standard InChI is InChI=1S/C24H31ClF2N3O8P/c1-13(2)35-21(32)14(3)11-39(34,38-16-8-6-5-7-9-16)37-15(4)18-19(31)24(25,12-26)22(36-18)30-10-17(27)20(28)29-23(30)33/h5-10,13-15,18-19,22,31H,11-12H2,1-4H3,(H2,28,29,33)/t14-,15-,18-,19+,22-,24?,39+/m1/s1. The number of hydrogen-bond acceptors (Lipinski definition) is 10. The molecule has 11 nitrogen and oxygen atoms in total. The highest BCUT2D eigenvalue weighted by molar-refractivity contribution is 7.54. The minimum absolute atomic E-state index is 0.175. The van der Waals surface area contributed by atoms with Gasteiger partial charge in [-0.25, -0.2) is 18.1 Å². The van der Waals surface area contributed by atoms with Crippen molar-refractivity contribution < 1.29 is 41.8 Å². The number of carbonyl (C=O) groups is 1. The molecule has 0 aliphatic carbocycles. The molecule has 1 aliphatic heterocycles. The summed E-state index contributed by atoms with van der Waals surface area (Å²) < 4.78 is 65.2. The number of para-hydroxylation sites is 1. The van der Waals surface area contributed by atoms with Crippen molar-refractivity contribution in [1.82, 2.24) is 9.55 Å². The van der Waals surface area contributed by atoms with Crippen LogP contribution in [0.2, 0.25) is 0 Å². The van der Waals surface area contributed by atoms with E-state index < -0.39 is 85.2 Å². The number of aromatic nitrogens is 2. The van der Waals surface area contributed by atoms with Gasteiger partial charge in [0.25, 0.3) is 0 Å². The highest BCUT2D eigenvalue weighted by Crippen LogP contribution is 2.53. The summed E-state index contributed by atoms with van der Waals surface area (Å²) in [5, 5.41) is 10.9. The first-order valence-electron chi connectivity index (χ1n) is 12.1. The fourth-order valence-corrected chi connectivity index (χ4v) is 6.38. The van der Waals surface area contributed by atoms with Crippen LogP contribution in [0.3, 0.4) is 0 Å². The van der Waals surface area contributed by atoms with Gasteiger partial charge in [0.15, 0.2) is 17.9 Å². The van der Waals surface area contributed by atoms with Gasteiger partial charge in [-0.1, -0.05) is 25.1 Å². The molecule has 39 heavy (non-hydrogen) atoms. The van der Waals surface area contributed by atoms with Crippen LogP contribution in [0.15, 0.2) is 41.3 Å². The number of nitrogens with zero attached hydrogens (tertiary/aromatic N) is 2. The molecule has 1 unspecified atom stereocenters. The Balaban J connectivity index is 1.91. The van der Waals surface area contributed by atoms with Crippen molar-refractivity contribution in [1.29, 1.82) is 0 Å². The van der Waals surface area contributed by atoms with Crippen LogP contribution < -0.4 is 15.9 Å². The normalized spacial score (nSPS) is 26.1. The Hall–Kier alpha value is -2.57. The minimum Gasteiger partial charge on any atom is -0.463 e. The number of ether oxygens (including phenoxy) is 2. The van der Waals surface area contributed by atoms with E-state index in [-0.39, 0.29) is 5.75 Å². The molecule has 1 fully saturated rings. The van der Waals surface area contributed by atoms with Crippen LogP contribution >= 0.6 is 19.2 Å². The molecular formula is C24H31ClF2N3O8P. The highest BCUT2D eigenvalue weighted by atomic mass is 35.5. The Morgan fingerprint density at radius 2 is 1.95 bits per heavy atom. The molecule has 1 aromatic carbocycles. The van der Waals surface area contributed by atoms with Crippen molar-refractivity contribution >= 4 is 31.0 Å². The Kier molecular flexibility index (Phi) is 9.77. The van der Waals surface area contributed by atoms with Crippen molar-refractivity contribution in [2.45, 2.75) is 63.2 Å². The van der Waals surface area contributed by atoms with Gasteiger partial charge in [-0.3, -0.25) is 13.9 Å². The van der Waals surface area contributed by atoms with E-state index in [0.717, 1.165) is 0 Å². The van der Waals surface area contributed by atoms with Crippen LogP contribution in [-0.4, -0.2) is 62.8 Å². The van der Waals surface area contributed by atoms with Crippen molar-refractivity contribution in [3.63, 3.8) is 0 Å². The van der Waals surface area contributed by atoms with Crippen LogP contribution in [0.1, 0.15) is 33.9 Å².